The lowest BCUT2D eigenvalue weighted by Gasteiger charge is -2.54. The van der Waals surface area contributed by atoms with Crippen LogP contribution >= 0.6 is 0 Å². The number of amides is 1. The molecule has 1 amide bonds. The highest BCUT2D eigenvalue weighted by Gasteiger charge is 2.48. The number of carbonyl (C=O) groups is 1. The molecule has 1 saturated carbocycles. The van der Waals surface area contributed by atoms with E-state index in [1.165, 1.54) is 11.1 Å². The summed E-state index contributed by atoms with van der Waals surface area (Å²) in [4.78, 5) is 14.4. The number of rotatable bonds is 6. The molecule has 1 aliphatic heterocycles. The average Bonchev–Trinajstić information content (AvgIpc) is 2.62. The van der Waals surface area contributed by atoms with Crippen LogP contribution in [0.25, 0.3) is 0 Å². The number of ether oxygens (including phenoxy) is 1. The summed E-state index contributed by atoms with van der Waals surface area (Å²) in [5.41, 5.74) is 2.80. The molecule has 1 aromatic carbocycles. The van der Waals surface area contributed by atoms with E-state index in [1.807, 2.05) is 4.90 Å². The predicted molar refractivity (Wildman–Crippen MR) is 103 cm³/mol. The van der Waals surface area contributed by atoms with E-state index in [2.05, 4.69) is 39.0 Å². The zero-order valence-corrected chi connectivity index (χ0v) is 16.5. The minimum absolute atomic E-state index is 0.0259. The van der Waals surface area contributed by atoms with Gasteiger partial charge >= 0.3 is 0 Å². The zero-order chi connectivity index (χ0) is 18.7. The number of likely N-dealkylation sites (tertiary alicyclic amines) is 1. The third kappa shape index (κ3) is 3.90. The first-order valence-electron chi connectivity index (χ1n) is 10.1. The lowest BCUT2D eigenvalue weighted by molar-refractivity contribution is -0.153. The number of aryl methyl sites for hydroxylation is 1. The van der Waals surface area contributed by atoms with E-state index in [1.54, 1.807) is 0 Å². The Morgan fingerprint density at radius 2 is 2.00 bits per heavy atom. The molecular weight excluding hydrogens is 326 g/mol. The monoisotopic (exact) mass is 359 g/mol. The van der Waals surface area contributed by atoms with Gasteiger partial charge in [0.15, 0.2) is 0 Å². The summed E-state index contributed by atoms with van der Waals surface area (Å²) in [6, 6.07) is 6.25. The summed E-state index contributed by atoms with van der Waals surface area (Å²) >= 11 is 0. The first-order chi connectivity index (χ1) is 12.5. The topological polar surface area (TPSA) is 49.8 Å². The van der Waals surface area contributed by atoms with Gasteiger partial charge in [-0.15, -0.1) is 0 Å². The lowest BCUT2D eigenvalue weighted by Crippen LogP contribution is -2.61. The summed E-state index contributed by atoms with van der Waals surface area (Å²) < 4.78 is 6.28. The molecule has 4 nitrogen and oxygen atoms in total. The average molecular weight is 360 g/mol. The number of hydrogen-bond donors (Lipinski definition) is 1. The fraction of sp³-hybridized carbons (Fsp3) is 0.682. The van der Waals surface area contributed by atoms with Crippen LogP contribution in [0.5, 0.6) is 5.75 Å². The molecule has 2 aliphatic rings. The van der Waals surface area contributed by atoms with Crippen molar-refractivity contribution < 1.29 is 14.6 Å². The Balaban J connectivity index is 1.49. The largest absolute Gasteiger partial charge is 0.490 e. The van der Waals surface area contributed by atoms with Gasteiger partial charge in [-0.2, -0.15) is 0 Å². The smallest absolute Gasteiger partial charge is 0.228 e. The fourth-order valence-corrected chi connectivity index (χ4v) is 4.49. The molecule has 2 fully saturated rings. The standard InChI is InChI=1S/C22H33NO3/c1-4-6-18(13-24)21(25)23-14-22(15-23)11-9-19(10-12-22)26-20-8-5-7-16(2)17(20)3/h5,7-8,18-19,24H,4,6,9-15H2,1-3H3/t18-/m1/s1. The molecule has 1 spiro atoms. The highest BCUT2D eigenvalue weighted by Crippen LogP contribution is 2.45. The lowest BCUT2D eigenvalue weighted by atomic mass is 9.67. The molecule has 0 radical (unpaired) electrons. The van der Waals surface area contributed by atoms with Crippen molar-refractivity contribution in [3.63, 3.8) is 0 Å². The summed E-state index contributed by atoms with van der Waals surface area (Å²) in [7, 11) is 0. The Labute approximate surface area is 157 Å². The number of carbonyl (C=O) groups excluding carboxylic acids is 1. The van der Waals surface area contributed by atoms with Crippen LogP contribution in [0.1, 0.15) is 56.6 Å². The number of nitrogens with zero attached hydrogens (tertiary/aromatic N) is 1. The van der Waals surface area contributed by atoms with E-state index >= 15 is 0 Å². The van der Waals surface area contributed by atoms with Crippen molar-refractivity contribution in [2.45, 2.75) is 65.4 Å². The summed E-state index contributed by atoms with van der Waals surface area (Å²) in [6.45, 7) is 8.01. The maximum Gasteiger partial charge on any atom is 0.228 e. The second kappa shape index (κ2) is 7.99. The van der Waals surface area contributed by atoms with Gasteiger partial charge in [0.2, 0.25) is 5.91 Å². The third-order valence-electron chi connectivity index (χ3n) is 6.41. The molecule has 26 heavy (non-hydrogen) atoms. The molecule has 1 saturated heterocycles. The molecule has 4 heteroatoms. The van der Waals surface area contributed by atoms with Crippen LogP contribution in [-0.4, -0.2) is 41.7 Å². The van der Waals surface area contributed by atoms with Gasteiger partial charge in [-0.3, -0.25) is 4.79 Å². The Bertz CT molecular complexity index is 626. The molecule has 1 N–H and O–H groups in total. The minimum Gasteiger partial charge on any atom is -0.490 e. The molecule has 1 heterocycles. The van der Waals surface area contributed by atoms with Crippen molar-refractivity contribution in [1.29, 1.82) is 0 Å². The molecule has 1 aliphatic carbocycles. The Hall–Kier alpha value is -1.55. The van der Waals surface area contributed by atoms with Crippen LogP contribution in [0.3, 0.4) is 0 Å². The van der Waals surface area contributed by atoms with Crippen molar-refractivity contribution in [2.24, 2.45) is 11.3 Å². The van der Waals surface area contributed by atoms with Crippen LogP contribution < -0.4 is 4.74 Å². The van der Waals surface area contributed by atoms with Gasteiger partial charge in [0, 0.05) is 18.5 Å². The van der Waals surface area contributed by atoms with Gasteiger partial charge < -0.3 is 14.7 Å². The van der Waals surface area contributed by atoms with E-state index in [0.29, 0.717) is 5.41 Å². The van der Waals surface area contributed by atoms with Crippen molar-refractivity contribution in [3.05, 3.63) is 29.3 Å². The van der Waals surface area contributed by atoms with Gasteiger partial charge in [-0.05, 0) is 63.1 Å². The van der Waals surface area contributed by atoms with E-state index in [0.717, 1.165) is 57.4 Å². The van der Waals surface area contributed by atoms with Crippen molar-refractivity contribution in [1.82, 2.24) is 4.90 Å². The second-order valence-electron chi connectivity index (χ2n) is 8.38. The van der Waals surface area contributed by atoms with Gasteiger partial charge in [0.1, 0.15) is 5.75 Å². The quantitative estimate of drug-likeness (QED) is 0.839. The van der Waals surface area contributed by atoms with Crippen LogP contribution in [0.15, 0.2) is 18.2 Å². The third-order valence-corrected chi connectivity index (χ3v) is 6.41. The van der Waals surface area contributed by atoms with Crippen molar-refractivity contribution in [3.8, 4) is 5.75 Å². The SMILES string of the molecule is CCC[C@H](CO)C(=O)N1CC2(CCC(Oc3cccc(C)c3C)CC2)C1. The van der Waals surface area contributed by atoms with Crippen LogP contribution in [0, 0.1) is 25.2 Å². The Morgan fingerprint density at radius 3 is 2.62 bits per heavy atom. The van der Waals surface area contributed by atoms with Crippen molar-refractivity contribution in [2.75, 3.05) is 19.7 Å². The number of hydrogen-bond acceptors (Lipinski definition) is 3. The molecule has 0 bridgehead atoms. The first kappa shape index (κ1) is 19.2. The molecule has 144 valence electrons. The number of aliphatic hydroxyl groups is 1. The summed E-state index contributed by atoms with van der Waals surface area (Å²) in [5.74, 6) is 0.955. The van der Waals surface area contributed by atoms with E-state index in [4.69, 9.17) is 4.74 Å². The Kier molecular flexibility index (Phi) is 5.91. The van der Waals surface area contributed by atoms with E-state index in [9.17, 15) is 9.90 Å². The first-order valence-corrected chi connectivity index (χ1v) is 10.1. The van der Waals surface area contributed by atoms with Gasteiger partial charge in [0.05, 0.1) is 18.6 Å². The van der Waals surface area contributed by atoms with E-state index < -0.39 is 0 Å². The van der Waals surface area contributed by atoms with Crippen LogP contribution in [0.2, 0.25) is 0 Å². The number of benzene rings is 1. The Morgan fingerprint density at radius 1 is 1.31 bits per heavy atom. The highest BCUT2D eigenvalue weighted by atomic mass is 16.5. The number of aliphatic hydroxyl groups excluding tert-OH is 1. The molecule has 0 unspecified atom stereocenters. The minimum atomic E-state index is -0.207. The summed E-state index contributed by atoms with van der Waals surface area (Å²) in [5, 5.41) is 9.45. The van der Waals surface area contributed by atoms with Crippen molar-refractivity contribution >= 4 is 5.91 Å². The fourth-order valence-electron chi connectivity index (χ4n) is 4.49. The molecule has 3 rings (SSSR count). The summed E-state index contributed by atoms with van der Waals surface area (Å²) in [6.07, 6.45) is 6.39. The molecule has 0 aromatic heterocycles. The van der Waals surface area contributed by atoms with Gasteiger partial charge in [-0.1, -0.05) is 25.5 Å². The maximum atomic E-state index is 12.5. The highest BCUT2D eigenvalue weighted by molar-refractivity contribution is 5.80. The van der Waals surface area contributed by atoms with Gasteiger partial charge in [0.25, 0.3) is 0 Å². The predicted octanol–water partition coefficient (Wildman–Crippen LogP) is 3.86. The molecule has 1 aromatic rings. The molecule has 1 atom stereocenters. The normalized spacial score (nSPS) is 20.7. The second-order valence-corrected chi connectivity index (χ2v) is 8.38. The van der Waals surface area contributed by atoms with E-state index in [-0.39, 0.29) is 24.5 Å². The van der Waals surface area contributed by atoms with Crippen LogP contribution in [-0.2, 0) is 4.79 Å². The van der Waals surface area contributed by atoms with Gasteiger partial charge in [-0.25, -0.2) is 0 Å². The maximum absolute atomic E-state index is 12.5. The molecular formula is C22H33NO3. The van der Waals surface area contributed by atoms with Crippen LogP contribution in [0.4, 0.5) is 0 Å². The zero-order valence-electron chi connectivity index (χ0n) is 16.5.